The monoisotopic (exact) mass is 594 g/mol. The van der Waals surface area contributed by atoms with E-state index in [-0.39, 0.29) is 25.1 Å². The second-order valence-corrected chi connectivity index (χ2v) is 10.8. The molecule has 4 atom stereocenters. The van der Waals surface area contributed by atoms with Crippen LogP contribution < -0.4 is 9.80 Å². The number of β-lactam (4-membered cyclic amide) rings is 1. The van der Waals surface area contributed by atoms with Crippen LogP contribution >= 0.6 is 0 Å². The summed E-state index contributed by atoms with van der Waals surface area (Å²) in [6.45, 7) is 0.309. The molecule has 4 aliphatic rings. The van der Waals surface area contributed by atoms with Crippen LogP contribution in [0.2, 0.25) is 0 Å². The number of ether oxygens (including phenoxy) is 1. The molecule has 0 spiro atoms. The van der Waals surface area contributed by atoms with E-state index in [2.05, 4.69) is 0 Å². The quantitative estimate of drug-likeness (QED) is 0.183. The third-order valence-electron chi connectivity index (χ3n) is 8.26. The number of fused-ring (bicyclic) bond motifs is 2. The molecule has 0 saturated carbocycles. The lowest BCUT2D eigenvalue weighted by molar-refractivity contribution is -0.161. The number of nitrogens with zero attached hydrogens (tertiary/aromatic N) is 4. The van der Waals surface area contributed by atoms with Crippen molar-refractivity contribution in [2.45, 2.75) is 31.5 Å². The van der Waals surface area contributed by atoms with Gasteiger partial charge in [0.2, 0.25) is 17.5 Å². The van der Waals surface area contributed by atoms with Crippen molar-refractivity contribution in [2.75, 3.05) is 62.9 Å². The van der Waals surface area contributed by atoms with Gasteiger partial charge in [-0.05, 0) is 26.5 Å². The van der Waals surface area contributed by atoms with Crippen LogP contribution in [0.5, 0.6) is 0 Å². The topological polar surface area (TPSA) is 148 Å². The minimum absolute atomic E-state index is 0.0231. The van der Waals surface area contributed by atoms with E-state index in [0.29, 0.717) is 19.2 Å². The fourth-order valence-corrected chi connectivity index (χ4v) is 6.19. The number of piperazine rings is 1. The van der Waals surface area contributed by atoms with Crippen LogP contribution in [0.4, 0.5) is 24.5 Å². The van der Waals surface area contributed by atoms with Gasteiger partial charge in [-0.25, -0.2) is 22.8 Å². The Kier molecular flexibility index (Phi) is 7.74. The molecular weight excluding hydrogens is 565 g/mol. The number of hydrogen-bond donors (Lipinski definition) is 2. The maximum atomic E-state index is 16.0. The molecule has 5 rings (SSSR count). The SMILES string of the molecule is CC(O)[C@H]1C(=O)N2C(C(=O)O)=C(COC(=O)C3C(=O)C(=O)c4cc(F)c(N5CCN(C)CC5)c(F)c4N3CCF)C[C@H]12. The third kappa shape index (κ3) is 4.60. The van der Waals surface area contributed by atoms with Gasteiger partial charge in [0.25, 0.3) is 0 Å². The van der Waals surface area contributed by atoms with Crippen LogP contribution in [-0.2, 0) is 23.9 Å². The molecule has 2 unspecified atom stereocenters. The summed E-state index contributed by atoms with van der Waals surface area (Å²) < 4.78 is 50.1. The number of halogens is 3. The van der Waals surface area contributed by atoms with Crippen LogP contribution in [0, 0.1) is 17.6 Å². The smallest absolute Gasteiger partial charge is 0.352 e. The molecule has 15 heteroatoms. The summed E-state index contributed by atoms with van der Waals surface area (Å²) in [6.07, 6.45) is -1.08. The number of anilines is 2. The van der Waals surface area contributed by atoms with Gasteiger partial charge in [0, 0.05) is 38.3 Å². The zero-order valence-electron chi connectivity index (χ0n) is 22.8. The lowest BCUT2D eigenvalue weighted by atomic mass is 9.83. The number of carboxylic acid groups (broad SMARTS) is 1. The van der Waals surface area contributed by atoms with E-state index in [4.69, 9.17) is 4.74 Å². The fraction of sp³-hybridized carbons (Fsp3) is 0.519. The van der Waals surface area contributed by atoms with Crippen LogP contribution in [0.3, 0.4) is 0 Å². The largest absolute Gasteiger partial charge is 0.477 e. The number of carbonyl (C=O) groups excluding carboxylic acids is 4. The van der Waals surface area contributed by atoms with E-state index in [0.717, 1.165) is 9.80 Å². The first kappa shape index (κ1) is 29.5. The maximum Gasteiger partial charge on any atom is 0.352 e. The molecule has 12 nitrogen and oxygen atoms in total. The van der Waals surface area contributed by atoms with Gasteiger partial charge in [0.1, 0.15) is 30.5 Å². The predicted octanol–water partition coefficient (Wildman–Crippen LogP) is 0.120. The van der Waals surface area contributed by atoms with Crippen LogP contribution in [0.25, 0.3) is 0 Å². The van der Waals surface area contributed by atoms with Crippen molar-refractivity contribution in [1.82, 2.24) is 9.80 Å². The van der Waals surface area contributed by atoms with E-state index in [9.17, 15) is 38.6 Å². The molecule has 1 aromatic carbocycles. The number of likely N-dealkylation sites (N-methyl/N-ethyl adjacent to an activating group) is 1. The summed E-state index contributed by atoms with van der Waals surface area (Å²) >= 11 is 0. The van der Waals surface area contributed by atoms with E-state index in [1.54, 1.807) is 0 Å². The van der Waals surface area contributed by atoms with Crippen LogP contribution in [-0.4, -0.2) is 121 Å². The summed E-state index contributed by atoms with van der Waals surface area (Å²) in [5.41, 5.74) is -2.12. The Hall–Kier alpha value is -3.98. The molecule has 4 heterocycles. The first-order valence-corrected chi connectivity index (χ1v) is 13.4. The third-order valence-corrected chi connectivity index (χ3v) is 8.26. The average molecular weight is 595 g/mol. The highest BCUT2D eigenvalue weighted by Crippen LogP contribution is 2.44. The van der Waals surface area contributed by atoms with Gasteiger partial charge in [-0.3, -0.25) is 14.4 Å². The lowest BCUT2D eigenvalue weighted by Crippen LogP contribution is -2.61. The Morgan fingerprint density at radius 1 is 1.12 bits per heavy atom. The van der Waals surface area contributed by atoms with Gasteiger partial charge < -0.3 is 34.5 Å². The molecule has 0 aromatic heterocycles. The second-order valence-electron chi connectivity index (χ2n) is 10.8. The van der Waals surface area contributed by atoms with Gasteiger partial charge in [-0.15, -0.1) is 0 Å². The van der Waals surface area contributed by atoms with Gasteiger partial charge >= 0.3 is 11.9 Å². The van der Waals surface area contributed by atoms with Crippen LogP contribution in [0.15, 0.2) is 17.3 Å². The Morgan fingerprint density at radius 2 is 1.79 bits per heavy atom. The molecule has 4 aliphatic heterocycles. The Bertz CT molecular complexity index is 1410. The average Bonchev–Trinajstić information content (AvgIpc) is 3.25. The number of alkyl halides is 1. The Labute approximate surface area is 237 Å². The van der Waals surface area contributed by atoms with Crippen molar-refractivity contribution < 1.29 is 52.1 Å². The number of aliphatic hydroxyl groups excluding tert-OH is 1. The lowest BCUT2D eigenvalue weighted by Gasteiger charge is -2.44. The van der Waals surface area contributed by atoms with Crippen molar-refractivity contribution in [1.29, 1.82) is 0 Å². The number of benzene rings is 1. The second kappa shape index (κ2) is 11.0. The molecular formula is C27H29F3N4O8. The van der Waals surface area contributed by atoms with Gasteiger partial charge in [-0.1, -0.05) is 0 Å². The molecule has 1 amide bonds. The van der Waals surface area contributed by atoms with E-state index in [1.165, 1.54) is 11.8 Å². The summed E-state index contributed by atoms with van der Waals surface area (Å²) in [5, 5.41) is 19.6. The number of hydrogen-bond acceptors (Lipinski definition) is 10. The minimum atomic E-state index is -2.11. The van der Waals surface area contributed by atoms with Crippen molar-refractivity contribution in [3.05, 3.63) is 34.5 Å². The number of Topliss-reactive ketones (excluding diaryl/α,β-unsaturated/α-hetero) is 2. The molecule has 2 fully saturated rings. The molecule has 2 N–H and O–H groups in total. The highest BCUT2D eigenvalue weighted by atomic mass is 19.1. The predicted molar refractivity (Wildman–Crippen MR) is 139 cm³/mol. The van der Waals surface area contributed by atoms with Gasteiger partial charge in [0.05, 0.1) is 29.3 Å². The summed E-state index contributed by atoms with van der Waals surface area (Å²) in [4.78, 5) is 68.7. The van der Waals surface area contributed by atoms with E-state index < -0.39 is 108 Å². The fourth-order valence-electron chi connectivity index (χ4n) is 6.19. The Morgan fingerprint density at radius 3 is 2.38 bits per heavy atom. The van der Waals surface area contributed by atoms with Crippen molar-refractivity contribution in [3.63, 3.8) is 0 Å². The summed E-state index contributed by atoms with van der Waals surface area (Å²) in [7, 11) is 1.84. The number of carbonyl (C=O) groups is 5. The number of aliphatic hydroxyl groups is 1. The molecule has 42 heavy (non-hydrogen) atoms. The van der Waals surface area contributed by atoms with Crippen LogP contribution in [0.1, 0.15) is 23.7 Å². The number of carboxylic acids is 1. The Balaban J connectivity index is 1.44. The molecule has 0 bridgehead atoms. The number of rotatable bonds is 8. The number of amides is 1. The first-order chi connectivity index (χ1) is 19.9. The molecule has 0 aliphatic carbocycles. The highest BCUT2D eigenvalue weighted by Gasteiger charge is 2.57. The number of esters is 1. The zero-order valence-corrected chi connectivity index (χ0v) is 22.8. The summed E-state index contributed by atoms with van der Waals surface area (Å²) in [6, 6.07) is -2.07. The van der Waals surface area contributed by atoms with Crippen molar-refractivity contribution in [2.24, 2.45) is 5.92 Å². The normalized spacial score (nSPS) is 25.0. The van der Waals surface area contributed by atoms with Gasteiger partial charge in [0.15, 0.2) is 11.9 Å². The van der Waals surface area contributed by atoms with E-state index in [1.807, 2.05) is 11.9 Å². The minimum Gasteiger partial charge on any atom is -0.477 e. The van der Waals surface area contributed by atoms with Gasteiger partial charge in [-0.2, -0.15) is 0 Å². The molecule has 226 valence electrons. The number of ketones is 2. The molecule has 0 radical (unpaired) electrons. The maximum absolute atomic E-state index is 16.0. The standard InChI is InChI=1S/C27H29F3N4O8/c1-12(35)17-16-9-13(19(26(39)40)34(16)25(17)38)11-42-27(41)22-24(37)23(36)14-10-15(29)21(32-7-5-31(2)6-8-32)18(30)20(14)33(22)4-3-28/h10,12,16-17,22,35H,3-9,11H2,1-2H3,(H,39,40)/t12?,16-,17-,22?/m1/s1. The molecule has 2 saturated heterocycles. The van der Waals surface area contributed by atoms with Crippen molar-refractivity contribution in [3.8, 4) is 0 Å². The zero-order chi connectivity index (χ0) is 30.6. The first-order valence-electron chi connectivity index (χ1n) is 13.4. The number of aliphatic carboxylic acids is 1. The van der Waals surface area contributed by atoms with Crippen molar-refractivity contribution >= 4 is 40.8 Å². The summed E-state index contributed by atoms with van der Waals surface area (Å²) in [5.74, 6) is -9.35. The molecule has 1 aromatic rings. The highest BCUT2D eigenvalue weighted by molar-refractivity contribution is 6.51. The van der Waals surface area contributed by atoms with E-state index >= 15 is 8.78 Å².